The van der Waals surface area contributed by atoms with Gasteiger partial charge in [-0.2, -0.15) is 0 Å². The van der Waals surface area contributed by atoms with Crippen molar-refractivity contribution in [1.82, 2.24) is 19.4 Å². The van der Waals surface area contributed by atoms with Gasteiger partial charge in [0.25, 0.3) is 0 Å². The Kier molecular flexibility index (Phi) is 5.14. The van der Waals surface area contributed by atoms with Crippen LogP contribution in [0.3, 0.4) is 0 Å². The normalized spacial score (nSPS) is 22.5. The number of hydrogen-bond acceptors (Lipinski definition) is 3. The molecule has 2 aromatic rings. The van der Waals surface area contributed by atoms with E-state index in [9.17, 15) is 0 Å². The summed E-state index contributed by atoms with van der Waals surface area (Å²) in [6, 6.07) is 10.8. The van der Waals surface area contributed by atoms with E-state index in [1.165, 1.54) is 63.3 Å². The predicted molar refractivity (Wildman–Crippen MR) is 106 cm³/mol. The maximum atomic E-state index is 4.76. The van der Waals surface area contributed by atoms with Crippen molar-refractivity contribution in [3.63, 3.8) is 0 Å². The largest absolute Gasteiger partial charge is 0.333 e. The van der Waals surface area contributed by atoms with E-state index in [1.807, 2.05) is 6.20 Å². The molecular weight excluding hydrogens is 320 g/mol. The van der Waals surface area contributed by atoms with Crippen LogP contribution in [0.2, 0.25) is 0 Å². The molecule has 1 aliphatic carbocycles. The van der Waals surface area contributed by atoms with Gasteiger partial charge in [-0.1, -0.05) is 50.1 Å². The van der Waals surface area contributed by atoms with Gasteiger partial charge in [0, 0.05) is 56.6 Å². The van der Waals surface area contributed by atoms with Gasteiger partial charge in [-0.05, 0) is 25.5 Å². The number of aromatic nitrogens is 2. The first-order chi connectivity index (χ1) is 12.7. The molecule has 0 bridgehead atoms. The lowest BCUT2D eigenvalue weighted by molar-refractivity contribution is 0.0306. The zero-order chi connectivity index (χ0) is 18.0. The maximum Gasteiger partial charge on any atom is 0.115 e. The number of nitrogens with zero attached hydrogens (tertiary/aromatic N) is 4. The van der Waals surface area contributed by atoms with E-state index in [-0.39, 0.29) is 0 Å². The first-order valence-electron chi connectivity index (χ1n) is 10.2. The summed E-state index contributed by atoms with van der Waals surface area (Å²) in [4.78, 5) is 10.0. The molecule has 1 saturated heterocycles. The monoisotopic (exact) mass is 352 g/mol. The molecule has 1 unspecified atom stereocenters. The number of rotatable bonds is 5. The second kappa shape index (κ2) is 7.53. The molecule has 140 valence electrons. The number of imidazole rings is 1. The molecule has 26 heavy (non-hydrogen) atoms. The smallest absolute Gasteiger partial charge is 0.115 e. The Morgan fingerprint density at radius 2 is 1.73 bits per heavy atom. The van der Waals surface area contributed by atoms with Crippen LogP contribution >= 0.6 is 0 Å². The Balaban J connectivity index is 1.57. The minimum Gasteiger partial charge on any atom is -0.333 e. The van der Waals surface area contributed by atoms with Crippen molar-refractivity contribution in [2.45, 2.75) is 50.6 Å². The Bertz CT molecular complexity index is 694. The van der Waals surface area contributed by atoms with Crippen LogP contribution in [0, 0.1) is 0 Å². The highest BCUT2D eigenvalue weighted by Crippen LogP contribution is 2.38. The second-order valence-corrected chi connectivity index (χ2v) is 8.27. The highest BCUT2D eigenvalue weighted by molar-refractivity contribution is 5.25. The van der Waals surface area contributed by atoms with Crippen molar-refractivity contribution < 1.29 is 0 Å². The molecule has 2 heterocycles. The molecule has 2 aliphatic rings. The van der Waals surface area contributed by atoms with Crippen molar-refractivity contribution >= 4 is 0 Å². The number of likely N-dealkylation sites (N-methyl/N-ethyl adjacent to an activating group) is 1. The summed E-state index contributed by atoms with van der Waals surface area (Å²) in [5, 5.41) is 0. The third-order valence-corrected chi connectivity index (χ3v) is 6.61. The topological polar surface area (TPSA) is 24.3 Å². The van der Waals surface area contributed by atoms with E-state index in [4.69, 9.17) is 4.98 Å². The number of benzene rings is 1. The van der Waals surface area contributed by atoms with Crippen molar-refractivity contribution in [3.05, 3.63) is 54.1 Å². The summed E-state index contributed by atoms with van der Waals surface area (Å²) in [6.45, 7) is 8.16. The van der Waals surface area contributed by atoms with Crippen molar-refractivity contribution in [3.8, 4) is 0 Å². The van der Waals surface area contributed by atoms with Gasteiger partial charge >= 0.3 is 0 Å². The molecule has 1 aliphatic heterocycles. The highest BCUT2D eigenvalue weighted by Gasteiger charge is 2.41. The molecule has 4 heteroatoms. The summed E-state index contributed by atoms with van der Waals surface area (Å²) in [6.07, 6.45) is 9.57. The van der Waals surface area contributed by atoms with Gasteiger partial charge in [-0.3, -0.25) is 4.90 Å². The van der Waals surface area contributed by atoms with Crippen molar-refractivity contribution in [2.24, 2.45) is 0 Å². The molecule has 0 radical (unpaired) electrons. The minimum absolute atomic E-state index is 0.327. The lowest BCUT2D eigenvalue weighted by Crippen LogP contribution is -2.57. The van der Waals surface area contributed by atoms with Gasteiger partial charge in [0.1, 0.15) is 5.82 Å². The minimum atomic E-state index is 0.327. The summed E-state index contributed by atoms with van der Waals surface area (Å²) >= 11 is 0. The molecule has 2 fully saturated rings. The molecule has 4 nitrogen and oxygen atoms in total. The van der Waals surface area contributed by atoms with E-state index >= 15 is 0 Å². The van der Waals surface area contributed by atoms with Crippen molar-refractivity contribution in [1.29, 1.82) is 0 Å². The average Bonchev–Trinajstić information content (AvgIpc) is 3.33. The molecular formula is C22H32N4. The van der Waals surface area contributed by atoms with E-state index in [1.54, 1.807) is 0 Å². The van der Waals surface area contributed by atoms with Gasteiger partial charge in [0.2, 0.25) is 0 Å². The molecule has 0 N–H and O–H groups in total. The number of hydrogen-bond donors (Lipinski definition) is 0. The fourth-order valence-electron chi connectivity index (χ4n) is 4.93. The van der Waals surface area contributed by atoms with E-state index < -0.39 is 0 Å². The Hall–Kier alpha value is -1.65. The summed E-state index contributed by atoms with van der Waals surface area (Å²) in [7, 11) is 2.24. The molecule has 0 amide bonds. The summed E-state index contributed by atoms with van der Waals surface area (Å²) in [5.41, 5.74) is 1.67. The van der Waals surface area contributed by atoms with E-state index in [2.05, 4.69) is 64.9 Å². The molecule has 4 rings (SSSR count). The van der Waals surface area contributed by atoms with Crippen LogP contribution in [0.15, 0.2) is 42.7 Å². The Morgan fingerprint density at radius 3 is 2.42 bits per heavy atom. The quantitative estimate of drug-likeness (QED) is 0.822. The van der Waals surface area contributed by atoms with Gasteiger partial charge in [-0.25, -0.2) is 4.98 Å². The molecule has 1 aromatic heterocycles. The van der Waals surface area contributed by atoms with Gasteiger partial charge < -0.3 is 9.47 Å². The Morgan fingerprint density at radius 1 is 1.04 bits per heavy atom. The summed E-state index contributed by atoms with van der Waals surface area (Å²) < 4.78 is 2.45. The molecule has 1 aromatic carbocycles. The highest BCUT2D eigenvalue weighted by atomic mass is 15.3. The van der Waals surface area contributed by atoms with Crippen LogP contribution in [-0.2, 0) is 6.54 Å². The van der Waals surface area contributed by atoms with Crippen molar-refractivity contribution in [2.75, 3.05) is 33.2 Å². The van der Waals surface area contributed by atoms with Crippen LogP contribution < -0.4 is 0 Å². The SMILES string of the molecule is CC(c1ccccc1)c1nccn1CC1(N2CCN(C)CC2)CCCC1. The molecule has 0 spiro atoms. The number of piperazine rings is 1. The lowest BCUT2D eigenvalue weighted by Gasteiger charge is -2.46. The zero-order valence-corrected chi connectivity index (χ0v) is 16.3. The van der Waals surface area contributed by atoms with E-state index in [0.29, 0.717) is 11.5 Å². The van der Waals surface area contributed by atoms with Crippen LogP contribution in [0.25, 0.3) is 0 Å². The average molecular weight is 353 g/mol. The van der Waals surface area contributed by atoms with Crippen LogP contribution in [0.4, 0.5) is 0 Å². The predicted octanol–water partition coefficient (Wildman–Crippen LogP) is 3.60. The second-order valence-electron chi connectivity index (χ2n) is 8.27. The standard InChI is InChI=1S/C22H32N4/c1-19(20-8-4-3-5-9-20)21-23-12-13-25(21)18-22(10-6-7-11-22)26-16-14-24(2)15-17-26/h3-5,8-9,12-13,19H,6-7,10-11,14-18H2,1-2H3. The van der Waals surface area contributed by atoms with Gasteiger partial charge in [-0.15, -0.1) is 0 Å². The Labute approximate surface area is 157 Å². The maximum absolute atomic E-state index is 4.76. The van der Waals surface area contributed by atoms with Crippen LogP contribution in [0.5, 0.6) is 0 Å². The first-order valence-corrected chi connectivity index (χ1v) is 10.2. The van der Waals surface area contributed by atoms with Crippen LogP contribution in [-0.4, -0.2) is 58.1 Å². The van der Waals surface area contributed by atoms with E-state index in [0.717, 1.165) is 6.54 Å². The van der Waals surface area contributed by atoms with Crippen LogP contribution in [0.1, 0.15) is 49.9 Å². The zero-order valence-electron chi connectivity index (χ0n) is 16.3. The van der Waals surface area contributed by atoms with Gasteiger partial charge in [0.15, 0.2) is 0 Å². The lowest BCUT2D eigenvalue weighted by atomic mass is 9.93. The fourth-order valence-corrected chi connectivity index (χ4v) is 4.93. The first kappa shape index (κ1) is 17.7. The van der Waals surface area contributed by atoms with Gasteiger partial charge in [0.05, 0.1) is 0 Å². The molecule has 1 atom stereocenters. The molecule has 1 saturated carbocycles. The fraction of sp³-hybridized carbons (Fsp3) is 0.591. The third kappa shape index (κ3) is 3.45. The summed E-state index contributed by atoms with van der Waals surface area (Å²) in [5.74, 6) is 1.54. The third-order valence-electron chi connectivity index (χ3n) is 6.61.